The van der Waals surface area contributed by atoms with E-state index < -0.39 is 0 Å². The van der Waals surface area contributed by atoms with E-state index in [2.05, 4.69) is 0 Å². The predicted molar refractivity (Wildman–Crippen MR) is 126 cm³/mol. The van der Waals surface area contributed by atoms with Gasteiger partial charge in [0.15, 0.2) is 0 Å². The molecular formula is C22H34Cl2N2O5. The molecule has 0 saturated heterocycles. The molecule has 0 radical (unpaired) electrons. The lowest BCUT2D eigenvalue weighted by Gasteiger charge is -2.20. The molecule has 2 aromatic rings. The average molecular weight is 477 g/mol. The molecule has 0 aromatic heterocycles. The van der Waals surface area contributed by atoms with Crippen LogP contribution in [-0.2, 0) is 13.1 Å². The molecule has 0 aliphatic carbocycles. The van der Waals surface area contributed by atoms with Crippen LogP contribution in [0.25, 0.3) is 0 Å². The Morgan fingerprint density at radius 1 is 0.516 bits per heavy atom. The van der Waals surface area contributed by atoms with Crippen LogP contribution in [0.15, 0.2) is 48.5 Å². The second-order valence-corrected chi connectivity index (χ2v) is 6.84. The summed E-state index contributed by atoms with van der Waals surface area (Å²) >= 11 is 0. The molecule has 0 unspecified atom stereocenters. The van der Waals surface area contributed by atoms with E-state index in [0.717, 1.165) is 22.6 Å². The molecule has 176 valence electrons. The lowest BCUT2D eigenvalue weighted by atomic mass is 10.2. The Balaban J connectivity index is 0.00000450. The fourth-order valence-corrected chi connectivity index (χ4v) is 3.08. The van der Waals surface area contributed by atoms with E-state index in [9.17, 15) is 0 Å². The molecule has 0 bridgehead atoms. The van der Waals surface area contributed by atoms with Crippen molar-refractivity contribution in [3.8, 4) is 11.5 Å². The maximum Gasteiger partial charge on any atom is 0.127 e. The first-order chi connectivity index (χ1) is 14.2. The SMILES string of the molecule is Cl.Cl.OCCN(CCO)Cc1ccc(Oc2ccc(CN(CCO)CCO)cc2)cc1. The number of hydrogen-bond acceptors (Lipinski definition) is 7. The topological polar surface area (TPSA) is 96.6 Å². The molecule has 0 aliphatic heterocycles. The molecule has 0 atom stereocenters. The van der Waals surface area contributed by atoms with E-state index in [0.29, 0.717) is 39.3 Å². The molecule has 0 amide bonds. The van der Waals surface area contributed by atoms with Gasteiger partial charge < -0.3 is 25.2 Å². The predicted octanol–water partition coefficient (Wildman–Crippen LogP) is 1.90. The molecule has 7 nitrogen and oxygen atoms in total. The molecule has 9 heteroatoms. The number of benzene rings is 2. The zero-order valence-electron chi connectivity index (χ0n) is 17.6. The maximum absolute atomic E-state index is 9.10. The van der Waals surface area contributed by atoms with Gasteiger partial charge in [0, 0.05) is 39.3 Å². The van der Waals surface area contributed by atoms with Gasteiger partial charge in [0.1, 0.15) is 11.5 Å². The van der Waals surface area contributed by atoms with Crippen molar-refractivity contribution in [2.24, 2.45) is 0 Å². The third-order valence-corrected chi connectivity index (χ3v) is 4.56. The van der Waals surface area contributed by atoms with Crippen molar-refractivity contribution in [1.29, 1.82) is 0 Å². The Bertz CT molecular complexity index is 618. The highest BCUT2D eigenvalue weighted by Gasteiger charge is 2.07. The van der Waals surface area contributed by atoms with Gasteiger partial charge in [-0.05, 0) is 35.4 Å². The van der Waals surface area contributed by atoms with Crippen molar-refractivity contribution < 1.29 is 25.2 Å². The first-order valence-corrected chi connectivity index (χ1v) is 9.92. The highest BCUT2D eigenvalue weighted by molar-refractivity contribution is 5.85. The van der Waals surface area contributed by atoms with Crippen molar-refractivity contribution in [3.05, 3.63) is 59.7 Å². The number of aliphatic hydroxyl groups is 4. The number of nitrogens with zero attached hydrogens (tertiary/aromatic N) is 2. The molecule has 2 aromatic carbocycles. The van der Waals surface area contributed by atoms with Crippen molar-refractivity contribution in [2.45, 2.75) is 13.1 Å². The highest BCUT2D eigenvalue weighted by atomic mass is 35.5. The van der Waals surface area contributed by atoms with Crippen LogP contribution in [0.4, 0.5) is 0 Å². The van der Waals surface area contributed by atoms with Crippen molar-refractivity contribution in [1.82, 2.24) is 9.80 Å². The summed E-state index contributed by atoms with van der Waals surface area (Å²) in [5, 5.41) is 36.4. The number of hydrogen-bond donors (Lipinski definition) is 4. The van der Waals surface area contributed by atoms with Crippen LogP contribution < -0.4 is 4.74 Å². The summed E-state index contributed by atoms with van der Waals surface area (Å²) in [4.78, 5) is 3.98. The average Bonchev–Trinajstić information content (AvgIpc) is 2.72. The molecule has 2 rings (SSSR count). The standard InChI is InChI=1S/C22H32N2O5.2ClH/c25-13-9-23(10-14-26)17-19-1-5-21(6-2-19)29-22-7-3-20(4-8-22)18-24(11-15-27)12-16-28;;/h1-8,25-28H,9-18H2;2*1H. The minimum absolute atomic E-state index is 0. The third kappa shape index (κ3) is 11.1. The Hall–Kier alpha value is -1.42. The van der Waals surface area contributed by atoms with Crippen LogP contribution in [0, 0.1) is 0 Å². The highest BCUT2D eigenvalue weighted by Crippen LogP contribution is 2.23. The molecular weight excluding hydrogens is 443 g/mol. The molecule has 4 N–H and O–H groups in total. The van der Waals surface area contributed by atoms with Gasteiger partial charge in [0.05, 0.1) is 26.4 Å². The van der Waals surface area contributed by atoms with E-state index in [1.165, 1.54) is 0 Å². The monoisotopic (exact) mass is 476 g/mol. The van der Waals surface area contributed by atoms with Gasteiger partial charge in [-0.25, -0.2) is 0 Å². The van der Waals surface area contributed by atoms with E-state index in [1.54, 1.807) is 0 Å². The summed E-state index contributed by atoms with van der Waals surface area (Å²) in [5.41, 5.74) is 2.17. The van der Waals surface area contributed by atoms with Gasteiger partial charge in [-0.1, -0.05) is 24.3 Å². The summed E-state index contributed by atoms with van der Waals surface area (Å²) in [6, 6.07) is 15.5. The van der Waals surface area contributed by atoms with Crippen LogP contribution in [0.1, 0.15) is 11.1 Å². The first-order valence-electron chi connectivity index (χ1n) is 9.92. The normalized spacial score (nSPS) is 10.6. The van der Waals surface area contributed by atoms with Gasteiger partial charge >= 0.3 is 0 Å². The smallest absolute Gasteiger partial charge is 0.127 e. The van der Waals surface area contributed by atoms with Crippen LogP contribution in [0.3, 0.4) is 0 Å². The van der Waals surface area contributed by atoms with Gasteiger partial charge in [-0.3, -0.25) is 9.80 Å². The van der Waals surface area contributed by atoms with E-state index in [-0.39, 0.29) is 51.2 Å². The van der Waals surface area contributed by atoms with Gasteiger partial charge in [-0.15, -0.1) is 24.8 Å². The first kappa shape index (κ1) is 29.6. The number of ether oxygens (including phenoxy) is 1. The van der Waals surface area contributed by atoms with Crippen molar-refractivity contribution in [2.75, 3.05) is 52.6 Å². The second-order valence-electron chi connectivity index (χ2n) is 6.84. The minimum atomic E-state index is 0. The largest absolute Gasteiger partial charge is 0.457 e. The van der Waals surface area contributed by atoms with Gasteiger partial charge in [0.2, 0.25) is 0 Å². The van der Waals surface area contributed by atoms with Crippen LogP contribution in [0.2, 0.25) is 0 Å². The summed E-state index contributed by atoms with van der Waals surface area (Å²) in [6.45, 7) is 3.69. The minimum Gasteiger partial charge on any atom is -0.457 e. The molecule has 0 fully saturated rings. The summed E-state index contributed by atoms with van der Waals surface area (Å²) in [7, 11) is 0. The zero-order valence-corrected chi connectivity index (χ0v) is 19.2. The Kier molecular flexibility index (Phi) is 16.4. The number of aliphatic hydroxyl groups excluding tert-OH is 4. The third-order valence-electron chi connectivity index (χ3n) is 4.56. The van der Waals surface area contributed by atoms with Crippen molar-refractivity contribution >= 4 is 24.8 Å². The second kappa shape index (κ2) is 17.2. The lowest BCUT2D eigenvalue weighted by molar-refractivity contribution is 0.155. The molecule has 31 heavy (non-hydrogen) atoms. The number of rotatable bonds is 14. The lowest BCUT2D eigenvalue weighted by Crippen LogP contribution is -2.29. The molecule has 0 heterocycles. The van der Waals surface area contributed by atoms with E-state index >= 15 is 0 Å². The fourth-order valence-electron chi connectivity index (χ4n) is 3.08. The summed E-state index contributed by atoms with van der Waals surface area (Å²) < 4.78 is 5.90. The fraction of sp³-hybridized carbons (Fsp3) is 0.455. The van der Waals surface area contributed by atoms with E-state index in [4.69, 9.17) is 25.2 Å². The van der Waals surface area contributed by atoms with Crippen LogP contribution in [0.5, 0.6) is 11.5 Å². The van der Waals surface area contributed by atoms with Gasteiger partial charge in [-0.2, -0.15) is 0 Å². The Labute approximate surface area is 196 Å². The van der Waals surface area contributed by atoms with Crippen LogP contribution in [-0.4, -0.2) is 82.8 Å². The zero-order chi connectivity index (χ0) is 20.9. The maximum atomic E-state index is 9.10. The van der Waals surface area contributed by atoms with Crippen molar-refractivity contribution in [3.63, 3.8) is 0 Å². The molecule has 0 saturated carbocycles. The Morgan fingerprint density at radius 3 is 1.06 bits per heavy atom. The molecule has 0 aliphatic rings. The Morgan fingerprint density at radius 2 is 0.806 bits per heavy atom. The van der Waals surface area contributed by atoms with Crippen LogP contribution >= 0.6 is 24.8 Å². The van der Waals surface area contributed by atoms with Gasteiger partial charge in [0.25, 0.3) is 0 Å². The van der Waals surface area contributed by atoms with E-state index in [1.807, 2.05) is 58.3 Å². The summed E-state index contributed by atoms with van der Waals surface area (Å²) in [6.07, 6.45) is 0. The molecule has 0 spiro atoms. The quantitative estimate of drug-likeness (QED) is 0.330. The summed E-state index contributed by atoms with van der Waals surface area (Å²) in [5.74, 6) is 1.47. The number of halogens is 2.